The molecule has 0 saturated carbocycles. The van der Waals surface area contributed by atoms with Crippen LogP contribution in [0, 0.1) is 6.92 Å². The molecule has 1 N–H and O–H groups in total. The highest BCUT2D eigenvalue weighted by molar-refractivity contribution is 7.89. The molecule has 7 heteroatoms. The molecule has 6 nitrogen and oxygen atoms in total. The first-order chi connectivity index (χ1) is 8.88. The number of nitrogens with zero attached hydrogens (tertiary/aromatic N) is 1. The van der Waals surface area contributed by atoms with Crippen LogP contribution >= 0.6 is 0 Å². The summed E-state index contributed by atoms with van der Waals surface area (Å²) in [4.78, 5) is 14.5. The molecule has 1 heterocycles. The number of sulfonamides is 1. The third kappa shape index (κ3) is 3.16. The Morgan fingerprint density at radius 1 is 1.32 bits per heavy atom. The smallest absolute Gasteiger partial charge is 0.354 e. The van der Waals surface area contributed by atoms with Gasteiger partial charge in [-0.05, 0) is 19.9 Å². The fourth-order valence-corrected chi connectivity index (χ4v) is 3.49. The van der Waals surface area contributed by atoms with Gasteiger partial charge in [0.05, 0.1) is 6.61 Å². The van der Waals surface area contributed by atoms with Gasteiger partial charge in [-0.3, -0.25) is 0 Å². The van der Waals surface area contributed by atoms with Gasteiger partial charge in [0.2, 0.25) is 10.0 Å². The van der Waals surface area contributed by atoms with Gasteiger partial charge in [-0.15, -0.1) is 0 Å². The van der Waals surface area contributed by atoms with Crippen molar-refractivity contribution in [3.05, 3.63) is 17.5 Å². The zero-order valence-electron chi connectivity index (χ0n) is 11.7. The molecular weight excluding hydrogens is 268 g/mol. The van der Waals surface area contributed by atoms with Gasteiger partial charge in [0.1, 0.15) is 10.6 Å². The summed E-state index contributed by atoms with van der Waals surface area (Å²) in [5, 5.41) is 0. The standard InChI is InChI=1S/C12H20N2O4S/c1-5-14(6-2)19(16,17)11-8-10(13-9(11)4)12(15)18-7-3/h8,13H,5-7H2,1-4H3. The molecule has 108 valence electrons. The first kappa shape index (κ1) is 15.7. The lowest BCUT2D eigenvalue weighted by Gasteiger charge is -2.17. The van der Waals surface area contributed by atoms with Gasteiger partial charge in [-0.1, -0.05) is 13.8 Å². The minimum atomic E-state index is -3.57. The van der Waals surface area contributed by atoms with Gasteiger partial charge in [0.25, 0.3) is 0 Å². The summed E-state index contributed by atoms with van der Waals surface area (Å²) >= 11 is 0. The maximum atomic E-state index is 12.4. The zero-order chi connectivity index (χ0) is 14.6. The molecule has 0 fully saturated rings. The van der Waals surface area contributed by atoms with E-state index in [0.717, 1.165) is 0 Å². The Morgan fingerprint density at radius 3 is 2.37 bits per heavy atom. The predicted molar refractivity (Wildman–Crippen MR) is 71.6 cm³/mol. The van der Waals surface area contributed by atoms with Gasteiger partial charge >= 0.3 is 5.97 Å². The molecule has 0 aliphatic carbocycles. The number of H-pyrrole nitrogens is 1. The maximum Gasteiger partial charge on any atom is 0.354 e. The molecule has 0 unspecified atom stereocenters. The van der Waals surface area contributed by atoms with Crippen LogP contribution in [0.15, 0.2) is 11.0 Å². The monoisotopic (exact) mass is 288 g/mol. The molecule has 1 aromatic rings. The lowest BCUT2D eigenvalue weighted by Crippen LogP contribution is -2.30. The minimum Gasteiger partial charge on any atom is -0.461 e. The van der Waals surface area contributed by atoms with Crippen molar-refractivity contribution in [2.75, 3.05) is 19.7 Å². The van der Waals surface area contributed by atoms with Crippen molar-refractivity contribution in [2.45, 2.75) is 32.6 Å². The number of esters is 1. The number of rotatable bonds is 6. The van der Waals surface area contributed by atoms with E-state index in [1.165, 1.54) is 10.4 Å². The van der Waals surface area contributed by atoms with Crippen molar-refractivity contribution >= 4 is 16.0 Å². The largest absolute Gasteiger partial charge is 0.461 e. The van der Waals surface area contributed by atoms with E-state index in [9.17, 15) is 13.2 Å². The van der Waals surface area contributed by atoms with Crippen molar-refractivity contribution in [3.63, 3.8) is 0 Å². The van der Waals surface area contributed by atoms with Crippen molar-refractivity contribution in [1.82, 2.24) is 9.29 Å². The maximum absolute atomic E-state index is 12.4. The Morgan fingerprint density at radius 2 is 1.89 bits per heavy atom. The highest BCUT2D eigenvalue weighted by atomic mass is 32.2. The topological polar surface area (TPSA) is 79.5 Å². The van der Waals surface area contributed by atoms with Crippen LogP contribution in [0.1, 0.15) is 37.0 Å². The number of carbonyl (C=O) groups is 1. The Balaban J connectivity index is 3.19. The number of aryl methyl sites for hydroxylation is 1. The second-order valence-corrected chi connectivity index (χ2v) is 5.89. The normalized spacial score (nSPS) is 11.8. The average molecular weight is 288 g/mol. The molecule has 0 saturated heterocycles. The van der Waals surface area contributed by atoms with Crippen LogP contribution in [-0.4, -0.2) is 43.4 Å². The fourth-order valence-electron chi connectivity index (χ4n) is 1.83. The number of ether oxygens (including phenoxy) is 1. The van der Waals surface area contributed by atoms with Crippen LogP contribution in [0.5, 0.6) is 0 Å². The fraction of sp³-hybridized carbons (Fsp3) is 0.583. The quantitative estimate of drug-likeness (QED) is 0.805. The van der Waals surface area contributed by atoms with E-state index in [1.54, 1.807) is 27.7 Å². The number of aromatic nitrogens is 1. The Labute approximate surface area is 113 Å². The number of aromatic amines is 1. The first-order valence-corrected chi connectivity index (χ1v) is 7.69. The van der Waals surface area contributed by atoms with Gasteiger partial charge < -0.3 is 9.72 Å². The number of nitrogens with one attached hydrogen (secondary N) is 1. The summed E-state index contributed by atoms with van der Waals surface area (Å²) in [5.74, 6) is -0.549. The first-order valence-electron chi connectivity index (χ1n) is 6.25. The van der Waals surface area contributed by atoms with Crippen LogP contribution < -0.4 is 0 Å². The van der Waals surface area contributed by atoms with Crippen LogP contribution in [0.2, 0.25) is 0 Å². The van der Waals surface area contributed by atoms with Gasteiger partial charge in [0, 0.05) is 18.8 Å². The molecule has 1 rings (SSSR count). The molecule has 0 amide bonds. The molecular formula is C12H20N2O4S. The van der Waals surface area contributed by atoms with Crippen molar-refractivity contribution < 1.29 is 17.9 Å². The van der Waals surface area contributed by atoms with E-state index >= 15 is 0 Å². The average Bonchev–Trinajstić information content (AvgIpc) is 2.73. The second-order valence-electron chi connectivity index (χ2n) is 3.98. The molecule has 0 aliphatic heterocycles. The van der Waals surface area contributed by atoms with E-state index in [1.807, 2.05) is 0 Å². The molecule has 19 heavy (non-hydrogen) atoms. The molecule has 0 bridgehead atoms. The number of hydrogen-bond acceptors (Lipinski definition) is 4. The Bertz CT molecular complexity index is 544. The summed E-state index contributed by atoms with van der Waals surface area (Å²) in [7, 11) is -3.57. The number of carbonyl (C=O) groups excluding carboxylic acids is 1. The van der Waals surface area contributed by atoms with Gasteiger partial charge in [0.15, 0.2) is 0 Å². The zero-order valence-corrected chi connectivity index (χ0v) is 12.5. The summed E-state index contributed by atoms with van der Waals surface area (Å²) in [6.07, 6.45) is 0. The van der Waals surface area contributed by atoms with E-state index in [-0.39, 0.29) is 17.2 Å². The van der Waals surface area contributed by atoms with E-state index in [4.69, 9.17) is 4.74 Å². The lowest BCUT2D eigenvalue weighted by molar-refractivity contribution is 0.0520. The highest BCUT2D eigenvalue weighted by Gasteiger charge is 2.26. The van der Waals surface area contributed by atoms with Crippen LogP contribution in [-0.2, 0) is 14.8 Å². The van der Waals surface area contributed by atoms with Crippen LogP contribution in [0.3, 0.4) is 0 Å². The molecule has 0 radical (unpaired) electrons. The number of hydrogen-bond donors (Lipinski definition) is 1. The summed E-state index contributed by atoms with van der Waals surface area (Å²) in [6.45, 7) is 7.89. The molecule has 0 aliphatic rings. The van der Waals surface area contributed by atoms with Crippen LogP contribution in [0.4, 0.5) is 0 Å². The second kappa shape index (κ2) is 6.21. The summed E-state index contributed by atoms with van der Waals surface area (Å²) in [5.41, 5.74) is 0.597. The van der Waals surface area contributed by atoms with Crippen molar-refractivity contribution in [2.24, 2.45) is 0 Å². The third-order valence-electron chi connectivity index (χ3n) is 2.79. The molecule has 0 spiro atoms. The summed E-state index contributed by atoms with van der Waals surface area (Å²) < 4.78 is 30.9. The van der Waals surface area contributed by atoms with Crippen LogP contribution in [0.25, 0.3) is 0 Å². The third-order valence-corrected chi connectivity index (χ3v) is 4.96. The van der Waals surface area contributed by atoms with Gasteiger partial charge in [-0.2, -0.15) is 4.31 Å². The molecule has 1 aromatic heterocycles. The lowest BCUT2D eigenvalue weighted by atomic mass is 10.4. The highest BCUT2D eigenvalue weighted by Crippen LogP contribution is 2.21. The van der Waals surface area contributed by atoms with E-state index in [0.29, 0.717) is 18.8 Å². The van der Waals surface area contributed by atoms with E-state index in [2.05, 4.69) is 4.98 Å². The SMILES string of the molecule is CCOC(=O)c1cc(S(=O)(=O)N(CC)CC)c(C)[nH]1. The molecule has 0 aromatic carbocycles. The Hall–Kier alpha value is -1.34. The Kier molecular flexibility index (Phi) is 5.13. The minimum absolute atomic E-state index is 0.124. The predicted octanol–water partition coefficient (Wildman–Crippen LogP) is 1.53. The van der Waals surface area contributed by atoms with Crippen molar-refractivity contribution in [3.8, 4) is 0 Å². The van der Waals surface area contributed by atoms with Gasteiger partial charge in [-0.25, -0.2) is 13.2 Å². The van der Waals surface area contributed by atoms with E-state index < -0.39 is 16.0 Å². The summed E-state index contributed by atoms with van der Waals surface area (Å²) in [6, 6.07) is 1.33. The van der Waals surface area contributed by atoms with Crippen molar-refractivity contribution in [1.29, 1.82) is 0 Å². The molecule has 0 atom stereocenters.